The molecule has 2 aromatic heterocycles. The van der Waals surface area contributed by atoms with Crippen LogP contribution in [-0.2, 0) is 11.2 Å². The first-order chi connectivity index (χ1) is 8.69. The minimum atomic E-state index is -0.815. The molecule has 0 aliphatic carbocycles. The summed E-state index contributed by atoms with van der Waals surface area (Å²) in [4.78, 5) is 14.8. The maximum atomic E-state index is 10.5. The molecule has 0 saturated heterocycles. The van der Waals surface area contributed by atoms with Crippen LogP contribution in [0.15, 0.2) is 18.3 Å². The summed E-state index contributed by atoms with van der Waals surface area (Å²) >= 11 is 0. The van der Waals surface area contributed by atoms with E-state index >= 15 is 0 Å². The Balaban J connectivity index is 2.14. The average Bonchev–Trinajstić information content (AvgIpc) is 2.75. The van der Waals surface area contributed by atoms with Crippen molar-refractivity contribution < 1.29 is 9.90 Å². The quantitative estimate of drug-likeness (QED) is 0.811. The second-order valence-electron chi connectivity index (χ2n) is 4.07. The number of anilines is 1. The SMILES string of the molecule is CCCNc1ccc2nc(CCC(=O)O)cn2n1. The van der Waals surface area contributed by atoms with Gasteiger partial charge in [-0.05, 0) is 18.6 Å². The Morgan fingerprint density at radius 1 is 1.50 bits per heavy atom. The van der Waals surface area contributed by atoms with Crippen LogP contribution in [0.25, 0.3) is 5.65 Å². The first-order valence-corrected chi connectivity index (χ1v) is 6.00. The summed E-state index contributed by atoms with van der Waals surface area (Å²) in [5.74, 6) is -0.0168. The topological polar surface area (TPSA) is 79.5 Å². The van der Waals surface area contributed by atoms with Crippen molar-refractivity contribution in [3.8, 4) is 0 Å². The van der Waals surface area contributed by atoms with Gasteiger partial charge in [0.15, 0.2) is 5.65 Å². The molecular formula is C12H16N4O2. The molecule has 0 aliphatic heterocycles. The first kappa shape index (κ1) is 12.3. The van der Waals surface area contributed by atoms with Crippen LogP contribution in [-0.4, -0.2) is 32.2 Å². The Bertz CT molecular complexity index is 550. The van der Waals surface area contributed by atoms with Crippen molar-refractivity contribution in [3.63, 3.8) is 0 Å². The molecule has 0 bridgehead atoms. The van der Waals surface area contributed by atoms with Gasteiger partial charge in [-0.15, -0.1) is 5.10 Å². The van der Waals surface area contributed by atoms with Crippen LogP contribution in [0.3, 0.4) is 0 Å². The van der Waals surface area contributed by atoms with E-state index in [2.05, 4.69) is 22.3 Å². The summed E-state index contributed by atoms with van der Waals surface area (Å²) in [5, 5.41) is 16.2. The highest BCUT2D eigenvalue weighted by Gasteiger charge is 2.05. The molecule has 0 fully saturated rings. The molecule has 0 aliphatic rings. The Morgan fingerprint density at radius 2 is 2.33 bits per heavy atom. The number of carbonyl (C=O) groups is 1. The molecule has 0 spiro atoms. The van der Waals surface area contributed by atoms with E-state index in [1.165, 1.54) is 0 Å². The van der Waals surface area contributed by atoms with E-state index in [-0.39, 0.29) is 6.42 Å². The van der Waals surface area contributed by atoms with Crippen molar-refractivity contribution in [2.24, 2.45) is 0 Å². The number of aryl methyl sites for hydroxylation is 1. The molecule has 96 valence electrons. The minimum absolute atomic E-state index is 0.0881. The fraction of sp³-hybridized carbons (Fsp3) is 0.417. The number of hydrogen-bond acceptors (Lipinski definition) is 4. The Kier molecular flexibility index (Phi) is 3.76. The van der Waals surface area contributed by atoms with Gasteiger partial charge in [0, 0.05) is 13.0 Å². The summed E-state index contributed by atoms with van der Waals surface area (Å²) in [6.45, 7) is 2.96. The zero-order valence-electron chi connectivity index (χ0n) is 10.3. The molecule has 2 rings (SSSR count). The van der Waals surface area contributed by atoms with Gasteiger partial charge in [-0.2, -0.15) is 0 Å². The van der Waals surface area contributed by atoms with Crippen LogP contribution in [0.2, 0.25) is 0 Å². The van der Waals surface area contributed by atoms with Crippen LogP contribution in [0, 0.1) is 0 Å². The largest absolute Gasteiger partial charge is 0.481 e. The molecule has 6 nitrogen and oxygen atoms in total. The maximum Gasteiger partial charge on any atom is 0.303 e. The van der Waals surface area contributed by atoms with Gasteiger partial charge in [-0.3, -0.25) is 4.79 Å². The second-order valence-corrected chi connectivity index (χ2v) is 4.07. The van der Waals surface area contributed by atoms with Crippen LogP contribution in [0.5, 0.6) is 0 Å². The Labute approximate surface area is 105 Å². The highest BCUT2D eigenvalue weighted by Crippen LogP contribution is 2.09. The summed E-state index contributed by atoms with van der Waals surface area (Å²) in [6, 6.07) is 3.74. The molecule has 0 unspecified atom stereocenters. The zero-order chi connectivity index (χ0) is 13.0. The van der Waals surface area contributed by atoms with Crippen molar-refractivity contribution in [2.45, 2.75) is 26.2 Å². The summed E-state index contributed by atoms with van der Waals surface area (Å²) in [7, 11) is 0. The van der Waals surface area contributed by atoms with Gasteiger partial charge in [0.2, 0.25) is 0 Å². The standard InChI is InChI=1S/C12H16N4O2/c1-2-7-13-10-4-5-11-14-9(3-6-12(17)18)8-16(11)15-10/h4-5,8H,2-3,6-7H2,1H3,(H,13,15)(H,17,18). The predicted molar refractivity (Wildman–Crippen MR) is 67.7 cm³/mol. The number of aliphatic carboxylic acids is 1. The van der Waals surface area contributed by atoms with Crippen molar-refractivity contribution in [2.75, 3.05) is 11.9 Å². The van der Waals surface area contributed by atoms with Crippen molar-refractivity contribution in [3.05, 3.63) is 24.0 Å². The Morgan fingerprint density at radius 3 is 3.06 bits per heavy atom. The van der Waals surface area contributed by atoms with Gasteiger partial charge in [0.25, 0.3) is 0 Å². The summed E-state index contributed by atoms with van der Waals surface area (Å²) < 4.78 is 1.68. The molecule has 2 aromatic rings. The molecule has 6 heteroatoms. The fourth-order valence-corrected chi connectivity index (χ4v) is 1.63. The van der Waals surface area contributed by atoms with Crippen LogP contribution in [0.4, 0.5) is 5.82 Å². The highest BCUT2D eigenvalue weighted by atomic mass is 16.4. The lowest BCUT2D eigenvalue weighted by atomic mass is 10.2. The van der Waals surface area contributed by atoms with Gasteiger partial charge < -0.3 is 10.4 Å². The second kappa shape index (κ2) is 5.48. The summed E-state index contributed by atoms with van der Waals surface area (Å²) in [6.07, 6.45) is 3.32. The third-order valence-electron chi connectivity index (χ3n) is 2.52. The third kappa shape index (κ3) is 2.97. The highest BCUT2D eigenvalue weighted by molar-refractivity contribution is 5.67. The van der Waals surface area contributed by atoms with Gasteiger partial charge in [0.1, 0.15) is 5.82 Å². The molecule has 0 atom stereocenters. The number of carboxylic acids is 1. The van der Waals surface area contributed by atoms with Gasteiger partial charge in [0.05, 0.1) is 18.3 Å². The van der Waals surface area contributed by atoms with E-state index in [1.807, 2.05) is 12.1 Å². The van der Waals surface area contributed by atoms with Crippen LogP contribution >= 0.6 is 0 Å². The fourth-order valence-electron chi connectivity index (χ4n) is 1.63. The Hall–Kier alpha value is -2.11. The molecule has 0 saturated carbocycles. The monoisotopic (exact) mass is 248 g/mol. The number of nitrogens with zero attached hydrogens (tertiary/aromatic N) is 3. The molecular weight excluding hydrogens is 232 g/mol. The predicted octanol–water partition coefficient (Wildman–Crippen LogP) is 1.57. The molecule has 0 amide bonds. The van der Waals surface area contributed by atoms with E-state index in [0.29, 0.717) is 6.42 Å². The van der Waals surface area contributed by atoms with E-state index in [4.69, 9.17) is 5.11 Å². The van der Waals surface area contributed by atoms with Crippen molar-refractivity contribution in [1.29, 1.82) is 0 Å². The van der Waals surface area contributed by atoms with Gasteiger partial charge in [-0.25, -0.2) is 9.50 Å². The molecule has 2 N–H and O–H groups in total. The van der Waals surface area contributed by atoms with Gasteiger partial charge in [-0.1, -0.05) is 6.92 Å². The molecule has 0 aromatic carbocycles. The van der Waals surface area contributed by atoms with E-state index in [1.54, 1.807) is 10.7 Å². The number of imidazole rings is 1. The molecule has 18 heavy (non-hydrogen) atoms. The normalized spacial score (nSPS) is 10.7. The zero-order valence-corrected chi connectivity index (χ0v) is 10.3. The van der Waals surface area contributed by atoms with E-state index in [0.717, 1.165) is 30.1 Å². The number of nitrogens with one attached hydrogen (secondary N) is 1. The number of aromatic nitrogens is 3. The average molecular weight is 248 g/mol. The summed E-state index contributed by atoms with van der Waals surface area (Å²) in [5.41, 5.74) is 1.48. The van der Waals surface area contributed by atoms with Crippen molar-refractivity contribution >= 4 is 17.4 Å². The van der Waals surface area contributed by atoms with Crippen LogP contribution < -0.4 is 5.32 Å². The number of rotatable bonds is 6. The first-order valence-electron chi connectivity index (χ1n) is 6.00. The molecule has 0 radical (unpaired) electrons. The number of hydrogen-bond donors (Lipinski definition) is 2. The lowest BCUT2D eigenvalue weighted by Crippen LogP contribution is -2.04. The van der Waals surface area contributed by atoms with Crippen molar-refractivity contribution in [1.82, 2.24) is 14.6 Å². The smallest absolute Gasteiger partial charge is 0.303 e. The van der Waals surface area contributed by atoms with E-state index in [9.17, 15) is 4.79 Å². The lowest BCUT2D eigenvalue weighted by Gasteiger charge is -2.02. The number of carboxylic acid groups (broad SMARTS) is 1. The molecule has 2 heterocycles. The van der Waals surface area contributed by atoms with Gasteiger partial charge >= 0.3 is 5.97 Å². The van der Waals surface area contributed by atoms with E-state index < -0.39 is 5.97 Å². The number of fused-ring (bicyclic) bond motifs is 1. The third-order valence-corrected chi connectivity index (χ3v) is 2.52. The maximum absolute atomic E-state index is 10.5. The van der Waals surface area contributed by atoms with Crippen LogP contribution in [0.1, 0.15) is 25.5 Å². The minimum Gasteiger partial charge on any atom is -0.481 e. The lowest BCUT2D eigenvalue weighted by molar-refractivity contribution is -0.136.